The first-order chi connectivity index (χ1) is 9.29. The molecule has 2 N–H and O–H groups in total. The summed E-state index contributed by atoms with van der Waals surface area (Å²) in [5.74, 6) is -0.202. The highest BCUT2D eigenvalue weighted by atomic mass is 35.5. The zero-order chi connectivity index (χ0) is 14.9. The summed E-state index contributed by atoms with van der Waals surface area (Å²) >= 11 is 5.80. The van der Waals surface area contributed by atoms with Crippen LogP contribution in [0.3, 0.4) is 0 Å². The van der Waals surface area contributed by atoms with Crippen molar-refractivity contribution in [3.05, 3.63) is 28.8 Å². The molecule has 0 saturated carbocycles. The highest BCUT2D eigenvalue weighted by Crippen LogP contribution is 2.20. The quantitative estimate of drug-likeness (QED) is 0.811. The van der Waals surface area contributed by atoms with Crippen LogP contribution in [-0.4, -0.2) is 56.0 Å². The molecule has 1 heterocycles. The Morgan fingerprint density at radius 1 is 1.25 bits per heavy atom. The minimum Gasteiger partial charge on any atom is -0.398 e. The zero-order valence-electron chi connectivity index (χ0n) is 11.0. The van der Waals surface area contributed by atoms with Crippen molar-refractivity contribution in [3.63, 3.8) is 0 Å². The van der Waals surface area contributed by atoms with Gasteiger partial charge in [-0.25, -0.2) is 8.42 Å². The Morgan fingerprint density at radius 2 is 1.85 bits per heavy atom. The number of amides is 1. The van der Waals surface area contributed by atoms with Gasteiger partial charge < -0.3 is 10.6 Å². The first-order valence-electron chi connectivity index (χ1n) is 6.08. The van der Waals surface area contributed by atoms with Crippen LogP contribution in [0.4, 0.5) is 5.69 Å². The predicted octanol–water partition coefficient (Wildman–Crippen LogP) is 0.640. The maximum Gasteiger partial charge on any atom is 0.256 e. The predicted molar refractivity (Wildman–Crippen MR) is 78.2 cm³/mol. The number of piperazine rings is 1. The second kappa shape index (κ2) is 5.59. The Labute approximate surface area is 123 Å². The fourth-order valence-electron chi connectivity index (χ4n) is 2.12. The van der Waals surface area contributed by atoms with Gasteiger partial charge in [-0.3, -0.25) is 4.79 Å². The van der Waals surface area contributed by atoms with Gasteiger partial charge in [0.05, 0.1) is 11.8 Å². The van der Waals surface area contributed by atoms with Gasteiger partial charge >= 0.3 is 0 Å². The summed E-state index contributed by atoms with van der Waals surface area (Å²) in [6.07, 6.45) is 1.17. The second-order valence-corrected chi connectivity index (χ2v) is 7.10. The molecule has 1 saturated heterocycles. The number of nitrogens with two attached hydrogens (primary N) is 1. The maximum absolute atomic E-state index is 12.3. The van der Waals surface area contributed by atoms with E-state index in [-0.39, 0.29) is 5.91 Å². The van der Waals surface area contributed by atoms with Gasteiger partial charge in [-0.2, -0.15) is 4.31 Å². The van der Waals surface area contributed by atoms with E-state index in [0.717, 1.165) is 0 Å². The number of benzene rings is 1. The van der Waals surface area contributed by atoms with E-state index in [4.69, 9.17) is 17.3 Å². The molecule has 0 aromatic heterocycles. The van der Waals surface area contributed by atoms with Crippen LogP contribution >= 0.6 is 11.6 Å². The molecule has 6 nitrogen and oxygen atoms in total. The minimum absolute atomic E-state index is 0.202. The van der Waals surface area contributed by atoms with Gasteiger partial charge in [-0.05, 0) is 18.2 Å². The molecule has 0 aliphatic carbocycles. The van der Waals surface area contributed by atoms with E-state index in [2.05, 4.69) is 0 Å². The summed E-state index contributed by atoms with van der Waals surface area (Å²) in [5.41, 5.74) is 6.51. The molecule has 2 rings (SSSR count). The van der Waals surface area contributed by atoms with E-state index in [1.807, 2.05) is 0 Å². The molecule has 110 valence electrons. The molecule has 20 heavy (non-hydrogen) atoms. The lowest BCUT2D eigenvalue weighted by Gasteiger charge is -2.33. The molecule has 0 radical (unpaired) electrons. The maximum atomic E-state index is 12.3. The number of hydrogen-bond acceptors (Lipinski definition) is 4. The summed E-state index contributed by atoms with van der Waals surface area (Å²) < 4.78 is 24.2. The molecule has 1 amide bonds. The minimum atomic E-state index is -3.20. The molecule has 8 heteroatoms. The third-order valence-electron chi connectivity index (χ3n) is 3.24. The molecule has 1 fully saturated rings. The number of carbonyl (C=O) groups is 1. The van der Waals surface area contributed by atoms with Gasteiger partial charge in [0.2, 0.25) is 10.0 Å². The largest absolute Gasteiger partial charge is 0.398 e. The van der Waals surface area contributed by atoms with Gasteiger partial charge in [0.25, 0.3) is 5.91 Å². The van der Waals surface area contributed by atoms with Crippen LogP contribution in [0.5, 0.6) is 0 Å². The number of nitrogen functional groups attached to an aromatic ring is 1. The fourth-order valence-corrected chi connectivity index (χ4v) is 3.13. The summed E-state index contributed by atoms with van der Waals surface area (Å²) in [4.78, 5) is 13.9. The molecule has 1 aliphatic heterocycles. The van der Waals surface area contributed by atoms with Gasteiger partial charge in [0.15, 0.2) is 0 Å². The molecule has 0 unspecified atom stereocenters. The Kier molecular flexibility index (Phi) is 4.22. The van der Waals surface area contributed by atoms with Gasteiger partial charge in [0, 0.05) is 36.9 Å². The van der Waals surface area contributed by atoms with E-state index in [1.54, 1.807) is 17.0 Å². The van der Waals surface area contributed by atoms with Gasteiger partial charge in [0.1, 0.15) is 0 Å². The summed E-state index contributed by atoms with van der Waals surface area (Å²) in [5, 5.41) is 0.473. The molecule has 1 aliphatic rings. The molecule has 1 aromatic carbocycles. The van der Waals surface area contributed by atoms with Crippen molar-refractivity contribution in [1.82, 2.24) is 9.21 Å². The number of carbonyl (C=O) groups excluding carboxylic acids is 1. The average Bonchev–Trinajstić information content (AvgIpc) is 2.37. The lowest BCUT2D eigenvalue weighted by Crippen LogP contribution is -2.50. The van der Waals surface area contributed by atoms with Crippen LogP contribution < -0.4 is 5.73 Å². The van der Waals surface area contributed by atoms with Crippen LogP contribution in [-0.2, 0) is 10.0 Å². The third kappa shape index (κ3) is 3.23. The smallest absolute Gasteiger partial charge is 0.256 e. The fraction of sp³-hybridized carbons (Fsp3) is 0.417. The topological polar surface area (TPSA) is 83.7 Å². The lowest BCUT2D eigenvalue weighted by atomic mass is 10.1. The van der Waals surface area contributed by atoms with Crippen LogP contribution in [0, 0.1) is 0 Å². The van der Waals surface area contributed by atoms with Crippen molar-refractivity contribution in [2.75, 3.05) is 38.2 Å². The SMILES string of the molecule is CS(=O)(=O)N1CCN(C(=O)c2ccc(Cl)cc2N)CC1. The lowest BCUT2D eigenvalue weighted by molar-refractivity contribution is 0.0699. The van der Waals surface area contributed by atoms with Gasteiger partial charge in [-0.15, -0.1) is 0 Å². The third-order valence-corrected chi connectivity index (χ3v) is 4.78. The summed E-state index contributed by atoms with van der Waals surface area (Å²) in [6, 6.07) is 4.72. The molecule has 0 spiro atoms. The Morgan fingerprint density at radius 3 is 2.35 bits per heavy atom. The molecular formula is C12H16ClN3O3S. The Balaban J connectivity index is 2.09. The number of anilines is 1. The van der Waals surface area contributed by atoms with Crippen molar-refractivity contribution in [2.45, 2.75) is 0 Å². The summed E-state index contributed by atoms with van der Waals surface area (Å²) in [6.45, 7) is 1.32. The number of sulfonamides is 1. The first kappa shape index (κ1) is 15.1. The van der Waals surface area contributed by atoms with Crippen molar-refractivity contribution < 1.29 is 13.2 Å². The highest BCUT2D eigenvalue weighted by Gasteiger charge is 2.27. The zero-order valence-corrected chi connectivity index (χ0v) is 12.6. The van der Waals surface area contributed by atoms with Crippen molar-refractivity contribution in [3.8, 4) is 0 Å². The van der Waals surface area contributed by atoms with Gasteiger partial charge in [-0.1, -0.05) is 11.6 Å². The van der Waals surface area contributed by atoms with Crippen LogP contribution in [0.15, 0.2) is 18.2 Å². The summed E-state index contributed by atoms with van der Waals surface area (Å²) in [7, 11) is -3.20. The number of hydrogen-bond donors (Lipinski definition) is 1. The van der Waals surface area contributed by atoms with E-state index >= 15 is 0 Å². The van der Waals surface area contributed by atoms with Crippen LogP contribution in [0.1, 0.15) is 10.4 Å². The average molecular weight is 318 g/mol. The van der Waals surface area contributed by atoms with Crippen LogP contribution in [0.25, 0.3) is 0 Å². The molecule has 1 aromatic rings. The van der Waals surface area contributed by atoms with E-state index in [1.165, 1.54) is 16.6 Å². The number of halogens is 1. The Hall–Kier alpha value is -1.31. The van der Waals surface area contributed by atoms with E-state index in [9.17, 15) is 13.2 Å². The molecule has 0 bridgehead atoms. The molecular weight excluding hydrogens is 302 g/mol. The second-order valence-electron chi connectivity index (χ2n) is 4.69. The standard InChI is InChI=1S/C12H16ClN3O3S/c1-20(18,19)16-6-4-15(5-7-16)12(17)10-3-2-9(13)8-11(10)14/h2-3,8H,4-7,14H2,1H3. The van der Waals surface area contributed by atoms with Crippen molar-refractivity contribution >= 4 is 33.2 Å². The monoisotopic (exact) mass is 317 g/mol. The normalized spacial score (nSPS) is 17.2. The Bertz CT molecular complexity index is 625. The van der Waals surface area contributed by atoms with E-state index in [0.29, 0.717) is 42.5 Å². The number of rotatable bonds is 2. The molecule has 0 atom stereocenters. The van der Waals surface area contributed by atoms with Crippen LogP contribution in [0.2, 0.25) is 5.02 Å². The number of nitrogens with zero attached hydrogens (tertiary/aromatic N) is 2. The highest BCUT2D eigenvalue weighted by molar-refractivity contribution is 7.88. The van der Waals surface area contributed by atoms with E-state index < -0.39 is 10.0 Å². The van der Waals surface area contributed by atoms with Crippen molar-refractivity contribution in [1.29, 1.82) is 0 Å². The van der Waals surface area contributed by atoms with Crippen molar-refractivity contribution in [2.24, 2.45) is 0 Å². The first-order valence-corrected chi connectivity index (χ1v) is 8.31.